The summed E-state index contributed by atoms with van der Waals surface area (Å²) in [5, 5.41) is 3.82. The van der Waals surface area contributed by atoms with Gasteiger partial charge in [0.05, 0.1) is 28.1 Å². The molecule has 0 atom stereocenters. The largest absolute Gasteiger partial charge is 0 e. The zero-order valence-corrected chi connectivity index (χ0v) is 36.8. The van der Waals surface area contributed by atoms with Crippen LogP contribution in [0.4, 0.5) is 4.39 Å². The first-order valence-corrected chi connectivity index (χ1v) is 26.5. The van der Waals surface area contributed by atoms with Crippen LogP contribution in [0.1, 0.15) is 0 Å². The number of furan rings is 2. The molecule has 5 heterocycles. The van der Waals surface area contributed by atoms with Crippen molar-refractivity contribution in [1.82, 2.24) is 19.5 Å². The van der Waals surface area contributed by atoms with Gasteiger partial charge < -0.3 is 13.4 Å². The van der Waals surface area contributed by atoms with Crippen molar-refractivity contribution in [3.05, 3.63) is 176 Å². The number of rotatable bonds is 5. The molecule has 0 aliphatic carbocycles. The Kier molecular flexibility index (Phi) is 10.1. The second-order valence-corrected chi connectivity index (χ2v) is 25.9. The molecule has 59 heavy (non-hydrogen) atoms. The number of hydrogen-bond acceptors (Lipinski definition) is 5. The molecular weight excluding hydrogens is 972 g/mol. The maximum absolute atomic E-state index is 13.8. The van der Waals surface area contributed by atoms with Crippen LogP contribution in [-0.2, 0) is 20.1 Å². The van der Waals surface area contributed by atoms with E-state index in [1.54, 1.807) is 18.3 Å². The summed E-state index contributed by atoms with van der Waals surface area (Å²) < 4.78 is 30.3. The van der Waals surface area contributed by atoms with Crippen molar-refractivity contribution in [2.24, 2.45) is 0 Å². The summed E-state index contributed by atoms with van der Waals surface area (Å²) in [5.74, 6) is 7.52. The van der Waals surface area contributed by atoms with Gasteiger partial charge in [-0.1, -0.05) is 71.3 Å². The van der Waals surface area contributed by atoms with Crippen LogP contribution < -0.4 is 4.40 Å². The molecule has 0 saturated carbocycles. The van der Waals surface area contributed by atoms with Gasteiger partial charge in [0.15, 0.2) is 5.58 Å². The monoisotopic (exact) mass is 1010 g/mol. The van der Waals surface area contributed by atoms with Crippen LogP contribution in [0.15, 0.2) is 167 Å². The minimum atomic E-state index is -1.72. The topological polar surface area (TPSA) is 69.9 Å². The summed E-state index contributed by atoms with van der Waals surface area (Å²) in [6.45, 7) is 0. The van der Waals surface area contributed by atoms with E-state index in [-0.39, 0.29) is 25.9 Å². The van der Waals surface area contributed by atoms with E-state index in [2.05, 4.69) is 74.3 Å². The Morgan fingerprint density at radius 2 is 1.46 bits per heavy atom. The first-order valence-electron chi connectivity index (χ1n) is 19.1. The summed E-state index contributed by atoms with van der Waals surface area (Å²) in [4.78, 5) is 14.2. The Balaban J connectivity index is 0.000000224. The van der Waals surface area contributed by atoms with Crippen LogP contribution in [0, 0.1) is 17.9 Å². The molecule has 0 spiro atoms. The third kappa shape index (κ3) is 6.97. The maximum Gasteiger partial charge on any atom is 0 e. The van der Waals surface area contributed by atoms with Gasteiger partial charge in [0.25, 0.3) is 0 Å². The molecule has 0 N–H and O–H groups in total. The smallest absolute Gasteiger partial charge is 0 e. The third-order valence-electron chi connectivity index (χ3n) is 10.5. The van der Waals surface area contributed by atoms with E-state index in [1.165, 1.54) is 16.5 Å². The van der Waals surface area contributed by atoms with Crippen LogP contribution in [-0.4, -0.2) is 32.8 Å². The molecule has 289 valence electrons. The molecule has 0 amide bonds. The molecule has 11 aromatic rings. The van der Waals surface area contributed by atoms with E-state index < -0.39 is 13.3 Å². The van der Waals surface area contributed by atoms with Crippen molar-refractivity contribution < 1.29 is 33.3 Å². The van der Waals surface area contributed by atoms with Gasteiger partial charge in [-0.3, -0.25) is 4.98 Å². The fraction of sp³-hybridized carbons (Fsp3) is 0.0600. The van der Waals surface area contributed by atoms with E-state index >= 15 is 0 Å². The van der Waals surface area contributed by atoms with Crippen LogP contribution in [0.25, 0.3) is 94.5 Å². The van der Waals surface area contributed by atoms with Crippen LogP contribution >= 0.6 is 0 Å². The summed E-state index contributed by atoms with van der Waals surface area (Å²) in [6, 6.07) is 53.5. The maximum atomic E-state index is 13.8. The number of pyridine rings is 2. The van der Waals surface area contributed by atoms with Gasteiger partial charge in [0, 0.05) is 42.5 Å². The molecule has 0 bridgehead atoms. The number of para-hydroxylation sites is 4. The van der Waals surface area contributed by atoms with Crippen molar-refractivity contribution in [3.63, 3.8) is 0 Å². The van der Waals surface area contributed by atoms with E-state index in [0.29, 0.717) is 22.7 Å². The molecular formula is C50H35FGeIrN4O2-2. The normalized spacial score (nSPS) is 11.6. The van der Waals surface area contributed by atoms with Crippen molar-refractivity contribution in [1.29, 1.82) is 0 Å². The number of halogens is 1. The molecule has 0 aliphatic rings. The number of hydrogen-bond donors (Lipinski definition) is 0. The quantitative estimate of drug-likeness (QED) is 0.127. The molecule has 9 heteroatoms. The van der Waals surface area contributed by atoms with Crippen molar-refractivity contribution >= 4 is 72.7 Å². The summed E-state index contributed by atoms with van der Waals surface area (Å²) in [7, 11) is 0. The molecule has 0 aliphatic heterocycles. The zero-order valence-electron chi connectivity index (χ0n) is 32.3. The van der Waals surface area contributed by atoms with Gasteiger partial charge >= 0.3 is 99.8 Å². The average molecular weight is 1010 g/mol. The van der Waals surface area contributed by atoms with E-state index in [4.69, 9.17) is 13.8 Å². The van der Waals surface area contributed by atoms with Gasteiger partial charge in [-0.05, 0) is 53.9 Å². The first-order chi connectivity index (χ1) is 28.3. The Hall–Kier alpha value is -6.19. The van der Waals surface area contributed by atoms with Gasteiger partial charge in [0.2, 0.25) is 5.71 Å². The molecule has 0 fully saturated rings. The molecule has 0 saturated heterocycles. The standard InChI is InChI=1S/C36H19FN3O2.C14H16GeN.Ir/c37-22-16-14-21(15-17-22)23-18-19-27(34-32(23)26-9-6-20-38-36(26)42-34)35-39-28-10-2-3-11-29(28)40(35)30-12-5-8-25-24-7-1-4-13-31(24)41-33(25)30;1-15(2,3)13-9-10-14(16-11-13)12-7-5-4-6-8-12;/h1-18,20H;4-7,9-11H,1-3H3;/q2*-1;. The SMILES string of the molecule is Fc1ccc(-c2c[c-]c(-c3nc4ccccc4n3-c3cccc4c3oc3ccccc34)c3oc4ncccc4c23)cc1.[CH3][Ge]([CH3])([CH3])[c]1ccc(-c2[c-]cccc2)nc1.[Ir]. The first kappa shape index (κ1) is 38.3. The van der Waals surface area contributed by atoms with Gasteiger partial charge in [-0.25, -0.2) is 9.37 Å². The fourth-order valence-corrected chi connectivity index (χ4v) is 9.75. The second-order valence-electron chi connectivity index (χ2n) is 15.2. The molecule has 0 unspecified atom stereocenters. The second kappa shape index (κ2) is 15.5. The Morgan fingerprint density at radius 1 is 0.678 bits per heavy atom. The van der Waals surface area contributed by atoms with Gasteiger partial charge in [-0.2, -0.15) is 0 Å². The minimum Gasteiger partial charge on any atom is 0 e. The number of benzene rings is 6. The Morgan fingerprint density at radius 3 is 2.25 bits per heavy atom. The number of nitrogens with zero attached hydrogens (tertiary/aromatic N) is 4. The molecule has 6 nitrogen and oxygen atoms in total. The molecule has 5 aromatic heterocycles. The Bertz CT molecular complexity index is 3280. The van der Waals surface area contributed by atoms with Crippen LogP contribution in [0.3, 0.4) is 0 Å². The Labute approximate surface area is 356 Å². The summed E-state index contributed by atoms with van der Waals surface area (Å²) in [6.07, 6.45) is 3.75. The summed E-state index contributed by atoms with van der Waals surface area (Å²) in [5.41, 5.74) is 9.85. The van der Waals surface area contributed by atoms with E-state index in [9.17, 15) is 4.39 Å². The van der Waals surface area contributed by atoms with Gasteiger partial charge in [0.1, 0.15) is 11.4 Å². The molecule has 1 radical (unpaired) electrons. The molecule has 11 rings (SSSR count). The minimum absolute atomic E-state index is 0. The fourth-order valence-electron chi connectivity index (χ4n) is 7.58. The van der Waals surface area contributed by atoms with Crippen LogP contribution in [0.5, 0.6) is 0 Å². The average Bonchev–Trinajstić information content (AvgIpc) is 3.96. The van der Waals surface area contributed by atoms with Gasteiger partial charge in [-0.15, -0.1) is 12.1 Å². The van der Waals surface area contributed by atoms with Crippen LogP contribution in [0.2, 0.25) is 17.3 Å². The predicted octanol–water partition coefficient (Wildman–Crippen LogP) is 12.6. The zero-order chi connectivity index (χ0) is 39.4. The van der Waals surface area contributed by atoms with E-state index in [0.717, 1.165) is 71.8 Å². The number of aromatic nitrogens is 4. The number of fused-ring (bicyclic) bond motifs is 7. The van der Waals surface area contributed by atoms with E-state index in [1.807, 2.05) is 97.2 Å². The third-order valence-corrected chi connectivity index (χ3v) is 14.8. The molecule has 6 aromatic carbocycles. The summed E-state index contributed by atoms with van der Waals surface area (Å²) >= 11 is -1.72. The van der Waals surface area contributed by atoms with Crippen molar-refractivity contribution in [2.75, 3.05) is 0 Å². The van der Waals surface area contributed by atoms with Crippen molar-refractivity contribution in [2.45, 2.75) is 17.3 Å². The van der Waals surface area contributed by atoms with Crippen molar-refractivity contribution in [3.8, 4) is 39.5 Å². The predicted molar refractivity (Wildman–Crippen MR) is 235 cm³/mol. The number of imidazole rings is 1.